The second-order valence-electron chi connectivity index (χ2n) is 6.73. The van der Waals surface area contributed by atoms with Crippen molar-refractivity contribution in [3.8, 4) is 6.07 Å². The third kappa shape index (κ3) is 2.91. The molecule has 3 rings (SSSR count). The highest BCUT2D eigenvalue weighted by Gasteiger charge is 2.42. The summed E-state index contributed by atoms with van der Waals surface area (Å²) in [6.07, 6.45) is 6.01. The molecule has 3 heteroatoms. The molecule has 0 N–H and O–H groups in total. The number of rotatable bonds is 5. The van der Waals surface area contributed by atoms with Gasteiger partial charge in [-0.05, 0) is 74.6 Å². The van der Waals surface area contributed by atoms with Gasteiger partial charge in [0, 0.05) is 13.2 Å². The molecule has 1 aliphatic heterocycles. The SMILES string of the molecule is Cc1cc2c(cc1C)C(C#N)(CCCOC1CCCCO1)C2. The first-order valence-electron chi connectivity index (χ1n) is 8.40. The molecular formula is C19H25NO2. The molecule has 118 valence electrons. The summed E-state index contributed by atoms with van der Waals surface area (Å²) in [5.74, 6) is 0. The van der Waals surface area contributed by atoms with Crippen LogP contribution in [0.25, 0.3) is 0 Å². The fourth-order valence-electron chi connectivity index (χ4n) is 3.59. The summed E-state index contributed by atoms with van der Waals surface area (Å²) in [6.45, 7) is 5.77. The second-order valence-corrected chi connectivity index (χ2v) is 6.73. The molecule has 22 heavy (non-hydrogen) atoms. The zero-order valence-electron chi connectivity index (χ0n) is 13.7. The van der Waals surface area contributed by atoms with Crippen LogP contribution in [0.2, 0.25) is 0 Å². The van der Waals surface area contributed by atoms with Crippen molar-refractivity contribution in [1.29, 1.82) is 5.26 Å². The molecule has 0 spiro atoms. The highest BCUT2D eigenvalue weighted by Crippen LogP contribution is 2.45. The van der Waals surface area contributed by atoms with Crippen molar-refractivity contribution >= 4 is 0 Å². The normalized spacial score (nSPS) is 26.9. The van der Waals surface area contributed by atoms with E-state index >= 15 is 0 Å². The summed E-state index contributed by atoms with van der Waals surface area (Å²) in [6, 6.07) is 7.02. The molecule has 0 amide bonds. The van der Waals surface area contributed by atoms with Crippen molar-refractivity contribution in [3.63, 3.8) is 0 Å². The van der Waals surface area contributed by atoms with E-state index in [9.17, 15) is 5.26 Å². The Morgan fingerprint density at radius 3 is 2.86 bits per heavy atom. The maximum Gasteiger partial charge on any atom is 0.157 e. The average Bonchev–Trinajstić information content (AvgIpc) is 2.53. The van der Waals surface area contributed by atoms with E-state index in [2.05, 4.69) is 32.0 Å². The molecule has 1 heterocycles. The number of hydrogen-bond donors (Lipinski definition) is 0. The Morgan fingerprint density at radius 2 is 2.14 bits per heavy atom. The molecule has 2 atom stereocenters. The number of nitriles is 1. The van der Waals surface area contributed by atoms with Crippen LogP contribution in [0.5, 0.6) is 0 Å². The van der Waals surface area contributed by atoms with E-state index in [1.807, 2.05) is 0 Å². The summed E-state index contributed by atoms with van der Waals surface area (Å²) >= 11 is 0. The second kappa shape index (κ2) is 6.40. The first-order chi connectivity index (χ1) is 10.6. The fraction of sp³-hybridized carbons (Fsp3) is 0.632. The van der Waals surface area contributed by atoms with Crippen LogP contribution in [0.1, 0.15) is 54.4 Å². The van der Waals surface area contributed by atoms with Crippen molar-refractivity contribution in [2.45, 2.75) is 64.1 Å². The maximum absolute atomic E-state index is 9.68. The predicted octanol–water partition coefficient (Wildman–Crippen LogP) is 3.94. The first kappa shape index (κ1) is 15.5. The van der Waals surface area contributed by atoms with Gasteiger partial charge in [0.15, 0.2) is 6.29 Å². The molecule has 1 aromatic carbocycles. The zero-order valence-corrected chi connectivity index (χ0v) is 13.7. The zero-order chi connectivity index (χ0) is 15.6. The van der Waals surface area contributed by atoms with Crippen LogP contribution < -0.4 is 0 Å². The van der Waals surface area contributed by atoms with Gasteiger partial charge < -0.3 is 9.47 Å². The number of ether oxygens (including phenoxy) is 2. The molecule has 1 aliphatic carbocycles. The monoisotopic (exact) mass is 299 g/mol. The lowest BCUT2D eigenvalue weighted by atomic mass is 9.62. The molecule has 0 bridgehead atoms. The van der Waals surface area contributed by atoms with Crippen LogP contribution in [0, 0.1) is 25.2 Å². The number of benzene rings is 1. The van der Waals surface area contributed by atoms with Crippen LogP contribution >= 0.6 is 0 Å². The van der Waals surface area contributed by atoms with E-state index in [0.717, 1.165) is 38.7 Å². The Labute approximate surface area is 133 Å². The Kier molecular flexibility index (Phi) is 4.52. The molecule has 3 nitrogen and oxygen atoms in total. The molecule has 2 aliphatic rings. The third-order valence-corrected chi connectivity index (χ3v) is 5.13. The minimum absolute atomic E-state index is 0.0228. The Bertz CT molecular complexity index is 584. The average molecular weight is 299 g/mol. The van der Waals surface area contributed by atoms with Gasteiger partial charge in [-0.15, -0.1) is 0 Å². The van der Waals surface area contributed by atoms with E-state index in [4.69, 9.17) is 9.47 Å². The van der Waals surface area contributed by atoms with Crippen LogP contribution in [0.3, 0.4) is 0 Å². The van der Waals surface area contributed by atoms with E-state index in [1.54, 1.807) is 0 Å². The van der Waals surface area contributed by atoms with Crippen LogP contribution in [0.4, 0.5) is 0 Å². The van der Waals surface area contributed by atoms with Crippen LogP contribution in [-0.2, 0) is 21.3 Å². The quantitative estimate of drug-likeness (QED) is 0.773. The number of fused-ring (bicyclic) bond motifs is 1. The summed E-state index contributed by atoms with van der Waals surface area (Å²) in [7, 11) is 0. The Morgan fingerprint density at radius 1 is 1.32 bits per heavy atom. The standard InChI is InChI=1S/C19H25NO2/c1-14-10-16-12-19(13-20,17(16)11-15(14)2)7-5-9-22-18-6-3-4-8-21-18/h10-11,18H,3-9,12H2,1-2H3. The molecule has 1 saturated heterocycles. The van der Waals surface area contributed by atoms with Gasteiger partial charge in [0.25, 0.3) is 0 Å². The summed E-state index contributed by atoms with van der Waals surface area (Å²) in [4.78, 5) is 0. The number of hydrogen-bond acceptors (Lipinski definition) is 3. The molecule has 1 aromatic rings. The first-order valence-corrected chi connectivity index (χ1v) is 8.40. The summed E-state index contributed by atoms with van der Waals surface area (Å²) in [5.41, 5.74) is 4.91. The molecule has 1 fully saturated rings. The van der Waals surface area contributed by atoms with Crippen molar-refractivity contribution < 1.29 is 9.47 Å². The smallest absolute Gasteiger partial charge is 0.157 e. The van der Waals surface area contributed by atoms with E-state index < -0.39 is 0 Å². The van der Waals surface area contributed by atoms with Gasteiger partial charge in [0.1, 0.15) is 0 Å². The Balaban J connectivity index is 1.54. The van der Waals surface area contributed by atoms with Crippen LogP contribution in [-0.4, -0.2) is 19.5 Å². The van der Waals surface area contributed by atoms with Gasteiger partial charge in [0.2, 0.25) is 0 Å². The van der Waals surface area contributed by atoms with E-state index in [1.165, 1.54) is 28.7 Å². The van der Waals surface area contributed by atoms with Gasteiger partial charge in [-0.3, -0.25) is 0 Å². The van der Waals surface area contributed by atoms with Gasteiger partial charge in [-0.1, -0.05) is 12.1 Å². The van der Waals surface area contributed by atoms with E-state index in [0.29, 0.717) is 6.61 Å². The largest absolute Gasteiger partial charge is 0.353 e. The number of nitrogens with zero attached hydrogens (tertiary/aromatic N) is 1. The van der Waals surface area contributed by atoms with Crippen molar-refractivity contribution in [2.24, 2.45) is 0 Å². The van der Waals surface area contributed by atoms with Crippen molar-refractivity contribution in [3.05, 3.63) is 34.4 Å². The van der Waals surface area contributed by atoms with Gasteiger partial charge in [0.05, 0.1) is 11.5 Å². The lowest BCUT2D eigenvalue weighted by Gasteiger charge is -2.39. The summed E-state index contributed by atoms with van der Waals surface area (Å²) < 4.78 is 11.4. The molecule has 0 saturated carbocycles. The highest BCUT2D eigenvalue weighted by atomic mass is 16.7. The predicted molar refractivity (Wildman–Crippen MR) is 85.7 cm³/mol. The molecule has 0 radical (unpaired) electrons. The lowest BCUT2D eigenvalue weighted by Crippen LogP contribution is -2.38. The third-order valence-electron chi connectivity index (χ3n) is 5.13. The fourth-order valence-corrected chi connectivity index (χ4v) is 3.59. The topological polar surface area (TPSA) is 42.2 Å². The molecular weight excluding hydrogens is 274 g/mol. The van der Waals surface area contributed by atoms with Crippen molar-refractivity contribution in [1.82, 2.24) is 0 Å². The maximum atomic E-state index is 9.68. The Hall–Kier alpha value is -1.37. The molecule has 0 aromatic heterocycles. The van der Waals surface area contributed by atoms with Gasteiger partial charge >= 0.3 is 0 Å². The minimum atomic E-state index is -0.287. The van der Waals surface area contributed by atoms with E-state index in [-0.39, 0.29) is 11.7 Å². The minimum Gasteiger partial charge on any atom is -0.353 e. The summed E-state index contributed by atoms with van der Waals surface area (Å²) in [5, 5.41) is 9.68. The molecule has 2 unspecified atom stereocenters. The lowest BCUT2D eigenvalue weighted by molar-refractivity contribution is -0.163. The van der Waals surface area contributed by atoms with Gasteiger partial charge in [-0.25, -0.2) is 0 Å². The van der Waals surface area contributed by atoms with Gasteiger partial charge in [-0.2, -0.15) is 5.26 Å². The van der Waals surface area contributed by atoms with Crippen molar-refractivity contribution in [2.75, 3.05) is 13.2 Å². The number of aryl methyl sites for hydroxylation is 2. The highest BCUT2D eigenvalue weighted by molar-refractivity contribution is 5.53. The van der Waals surface area contributed by atoms with Crippen LogP contribution in [0.15, 0.2) is 12.1 Å².